The maximum atomic E-state index is 13.9. The van der Waals surface area contributed by atoms with E-state index >= 15 is 0 Å². The highest BCUT2D eigenvalue weighted by molar-refractivity contribution is 6.95. The average Bonchev–Trinajstić information content (AvgIpc) is 2.91. The van der Waals surface area contributed by atoms with Crippen molar-refractivity contribution in [2.75, 3.05) is 0 Å². The van der Waals surface area contributed by atoms with Gasteiger partial charge in [0.1, 0.15) is 0 Å². The Kier molecular flexibility index (Phi) is 10.9. The van der Waals surface area contributed by atoms with Gasteiger partial charge in [-0.1, -0.05) is 52.8 Å². The molecule has 3 aromatic carbocycles. The molecule has 0 unspecified atom stereocenters. The average molecular weight is 854 g/mol. The van der Waals surface area contributed by atoms with Crippen LogP contribution in [0.4, 0.5) is 119 Å². The van der Waals surface area contributed by atoms with Crippen LogP contribution in [0.15, 0.2) is 36.4 Å². The Balaban J connectivity index is 2.92. The Bertz CT molecular complexity index is 1590. The van der Waals surface area contributed by atoms with Gasteiger partial charge in [-0.3, -0.25) is 0 Å². The van der Waals surface area contributed by atoms with E-state index in [1.165, 1.54) is 0 Å². The van der Waals surface area contributed by atoms with Gasteiger partial charge in [0, 0.05) is 0 Å². The van der Waals surface area contributed by atoms with Crippen molar-refractivity contribution in [2.24, 2.45) is 0 Å². The molecule has 0 saturated heterocycles. The zero-order valence-electron chi connectivity index (χ0n) is 24.7. The summed E-state index contributed by atoms with van der Waals surface area (Å²) in [4.78, 5) is 0. The van der Waals surface area contributed by atoms with Gasteiger partial charge in [0.15, 0.2) is 0 Å². The molecular formula is C27H6BF27. The monoisotopic (exact) mass is 854 g/mol. The first-order valence-corrected chi connectivity index (χ1v) is 13.2. The molecule has 55 heavy (non-hydrogen) atoms. The molecule has 0 aliphatic rings. The minimum atomic E-state index is -6.79. The molecule has 0 amide bonds. The van der Waals surface area contributed by atoms with Crippen LogP contribution in [0.2, 0.25) is 0 Å². The van der Waals surface area contributed by atoms with E-state index in [4.69, 9.17) is 0 Å². The summed E-state index contributed by atoms with van der Waals surface area (Å²) >= 11 is 0. The number of hydrogen-bond donors (Lipinski definition) is 0. The first-order valence-electron chi connectivity index (χ1n) is 13.2. The van der Waals surface area contributed by atoms with Gasteiger partial charge in [-0.2, -0.15) is 119 Å². The molecule has 0 spiro atoms. The van der Waals surface area contributed by atoms with Crippen LogP contribution in [-0.4, -0.2) is 6.71 Å². The van der Waals surface area contributed by atoms with Crippen molar-refractivity contribution in [3.63, 3.8) is 0 Å². The summed E-state index contributed by atoms with van der Waals surface area (Å²) in [6, 6.07) is -7.67. The van der Waals surface area contributed by atoms with E-state index in [1.807, 2.05) is 0 Å². The molecule has 0 radical (unpaired) electrons. The Hall–Kier alpha value is -4.17. The maximum Gasteiger partial charge on any atom is 0.417 e. The predicted octanol–water partition coefficient (Wildman–Crippen LogP) is 11.4. The van der Waals surface area contributed by atoms with Crippen LogP contribution in [0.5, 0.6) is 0 Å². The summed E-state index contributed by atoms with van der Waals surface area (Å²) in [5.74, 6) is 0. The van der Waals surface area contributed by atoms with Crippen LogP contribution in [0.3, 0.4) is 0 Å². The fourth-order valence-electron chi connectivity index (χ4n) is 5.33. The van der Waals surface area contributed by atoms with Gasteiger partial charge < -0.3 is 0 Å². The second-order valence-corrected chi connectivity index (χ2v) is 10.9. The summed E-state index contributed by atoms with van der Waals surface area (Å²) < 4.78 is 374. The number of hydrogen-bond acceptors (Lipinski definition) is 0. The highest BCUT2D eigenvalue weighted by Gasteiger charge is 2.55. The zero-order valence-corrected chi connectivity index (χ0v) is 24.7. The van der Waals surface area contributed by atoms with E-state index in [-0.39, 0.29) is 0 Å². The van der Waals surface area contributed by atoms with E-state index in [2.05, 4.69) is 0 Å². The van der Waals surface area contributed by atoms with Crippen LogP contribution in [0.25, 0.3) is 0 Å². The van der Waals surface area contributed by atoms with Gasteiger partial charge in [0.25, 0.3) is 0 Å². The lowest BCUT2D eigenvalue weighted by Gasteiger charge is -2.28. The Morgan fingerprint density at radius 1 is 0.218 bits per heavy atom. The van der Waals surface area contributed by atoms with Crippen molar-refractivity contribution in [3.05, 3.63) is 86.5 Å². The molecule has 0 aliphatic heterocycles. The second-order valence-electron chi connectivity index (χ2n) is 10.9. The first-order chi connectivity index (χ1) is 24.0. The van der Waals surface area contributed by atoms with Crippen molar-refractivity contribution in [3.8, 4) is 0 Å². The molecule has 3 rings (SSSR count). The van der Waals surface area contributed by atoms with Crippen molar-refractivity contribution < 1.29 is 119 Å². The molecule has 3 aromatic rings. The van der Waals surface area contributed by atoms with E-state index in [0.29, 0.717) is 0 Å². The third-order valence-electron chi connectivity index (χ3n) is 7.16. The predicted molar refractivity (Wildman–Crippen MR) is 129 cm³/mol. The first kappa shape index (κ1) is 45.2. The molecule has 0 fully saturated rings. The van der Waals surface area contributed by atoms with Crippen LogP contribution < -0.4 is 16.4 Å². The molecule has 0 atom stereocenters. The molecule has 0 heterocycles. The zero-order chi connectivity index (χ0) is 43.2. The molecule has 0 nitrogen and oxygen atoms in total. The number of halogens is 27. The van der Waals surface area contributed by atoms with Crippen molar-refractivity contribution in [1.82, 2.24) is 0 Å². The number of alkyl halides is 27. The van der Waals surface area contributed by atoms with Crippen molar-refractivity contribution in [1.29, 1.82) is 0 Å². The standard InChI is InChI=1S/C27H6BF27/c29-19(30,31)10-1-7(2-11(20(32,33)34)16(10)25(47,48)49)28(8-3-12(21(35,36)37)17(26(50,51)52)13(4-8)22(38,39)40)9-5-14(23(41,42)43)18(27(53,54)55)15(6-9)24(44,45)46/h1-6H. The highest BCUT2D eigenvalue weighted by atomic mass is 19.4. The molecule has 0 bridgehead atoms. The summed E-state index contributed by atoms with van der Waals surface area (Å²) in [6.45, 7) is -4.06. The minimum Gasteiger partial charge on any atom is -0.166 e. The SMILES string of the molecule is FC(F)(F)c1cc(B(c2cc(C(F)(F)F)c(C(F)(F)F)c(C(F)(F)F)c2)c2cc(C(F)(F)F)c(C(F)(F)F)c(C(F)(F)F)c2)cc(C(F)(F)F)c1C(F)(F)F. The summed E-state index contributed by atoms with van der Waals surface area (Å²) in [5.41, 5.74) is -40.7. The quantitative estimate of drug-likeness (QED) is 0.182. The van der Waals surface area contributed by atoms with Crippen LogP contribution in [0, 0.1) is 0 Å². The lowest BCUT2D eigenvalue weighted by molar-refractivity contribution is -0.174. The summed E-state index contributed by atoms with van der Waals surface area (Å²) in [6.07, 6.45) is -61.0. The van der Waals surface area contributed by atoms with E-state index in [0.717, 1.165) is 0 Å². The second kappa shape index (κ2) is 13.2. The molecule has 306 valence electrons. The molecule has 0 saturated carbocycles. The van der Waals surface area contributed by atoms with Gasteiger partial charge in [-0.05, 0) is 0 Å². The van der Waals surface area contributed by atoms with Crippen LogP contribution in [-0.2, 0) is 55.6 Å². The molecule has 28 heteroatoms. The Morgan fingerprint density at radius 3 is 0.436 bits per heavy atom. The lowest BCUT2D eigenvalue weighted by atomic mass is 9.36. The van der Waals surface area contributed by atoms with Gasteiger partial charge in [0.2, 0.25) is 6.71 Å². The van der Waals surface area contributed by atoms with Gasteiger partial charge >= 0.3 is 55.6 Å². The normalized spacial score (nSPS) is 14.5. The fourth-order valence-corrected chi connectivity index (χ4v) is 5.33. The highest BCUT2D eigenvalue weighted by Crippen LogP contribution is 2.50. The maximum absolute atomic E-state index is 13.9. The number of benzene rings is 3. The smallest absolute Gasteiger partial charge is 0.166 e. The third-order valence-corrected chi connectivity index (χ3v) is 7.16. The largest absolute Gasteiger partial charge is 0.417 e. The van der Waals surface area contributed by atoms with E-state index in [1.54, 1.807) is 0 Å². The van der Waals surface area contributed by atoms with Crippen LogP contribution >= 0.6 is 0 Å². The van der Waals surface area contributed by atoms with Gasteiger partial charge in [-0.15, -0.1) is 0 Å². The molecule has 0 aliphatic carbocycles. The van der Waals surface area contributed by atoms with E-state index < -0.39 is 165 Å². The van der Waals surface area contributed by atoms with E-state index in [9.17, 15) is 119 Å². The summed E-state index contributed by atoms with van der Waals surface area (Å²) in [5, 5.41) is 0. The van der Waals surface area contributed by atoms with Crippen LogP contribution in [0.1, 0.15) is 50.1 Å². The topological polar surface area (TPSA) is 0 Å². The Labute approximate surface area is 284 Å². The summed E-state index contributed by atoms with van der Waals surface area (Å²) in [7, 11) is 0. The fraction of sp³-hybridized carbons (Fsp3) is 0.333. The van der Waals surface area contributed by atoms with Crippen molar-refractivity contribution in [2.45, 2.75) is 55.6 Å². The molecular weight excluding hydrogens is 848 g/mol. The molecule has 0 aromatic heterocycles. The lowest BCUT2D eigenvalue weighted by Crippen LogP contribution is -2.54. The minimum absolute atomic E-state index is 1.28. The molecule has 0 N–H and O–H groups in total. The van der Waals surface area contributed by atoms with Gasteiger partial charge in [-0.25, -0.2) is 0 Å². The number of rotatable bonds is 3. The van der Waals surface area contributed by atoms with Gasteiger partial charge in [0.05, 0.1) is 50.1 Å². The Morgan fingerprint density at radius 2 is 0.345 bits per heavy atom. The van der Waals surface area contributed by atoms with Crippen molar-refractivity contribution >= 4 is 23.1 Å². The third kappa shape index (κ3) is 9.45.